The number of nitrogens with two attached hydrogens (primary N) is 1. The molecule has 1 saturated heterocycles. The molecule has 3 heteroatoms. The van der Waals surface area contributed by atoms with Gasteiger partial charge in [0, 0.05) is 12.2 Å². The highest BCUT2D eigenvalue weighted by Gasteiger charge is 2.27. The van der Waals surface area contributed by atoms with Gasteiger partial charge in [0.1, 0.15) is 5.82 Å². The second kappa shape index (κ2) is 4.92. The Hall–Kier alpha value is -2.03. The fraction of sp³-hybridized carbons (Fsp3) is 0.250. The first-order valence-corrected chi connectivity index (χ1v) is 6.62. The van der Waals surface area contributed by atoms with Crippen molar-refractivity contribution < 1.29 is 4.39 Å². The first-order valence-electron chi connectivity index (χ1n) is 6.62. The van der Waals surface area contributed by atoms with E-state index in [0.717, 1.165) is 25.1 Å². The highest BCUT2D eigenvalue weighted by atomic mass is 19.1. The average Bonchev–Trinajstić information content (AvgIpc) is 2.88. The van der Waals surface area contributed by atoms with Gasteiger partial charge in [-0.25, -0.2) is 4.39 Å². The molecule has 3 rings (SSSR count). The number of rotatable bonds is 2. The molecule has 1 fully saturated rings. The van der Waals surface area contributed by atoms with Gasteiger partial charge >= 0.3 is 0 Å². The summed E-state index contributed by atoms with van der Waals surface area (Å²) in [6, 6.07) is 15.1. The molecule has 0 aliphatic carbocycles. The Morgan fingerprint density at radius 1 is 1.11 bits per heavy atom. The zero-order valence-electron chi connectivity index (χ0n) is 10.7. The molecule has 1 aliphatic heterocycles. The van der Waals surface area contributed by atoms with Crippen LogP contribution in [0.5, 0.6) is 0 Å². The molecule has 0 radical (unpaired) electrons. The van der Waals surface area contributed by atoms with E-state index in [1.807, 2.05) is 30.3 Å². The van der Waals surface area contributed by atoms with Crippen LogP contribution in [0.4, 0.5) is 15.8 Å². The highest BCUT2D eigenvalue weighted by Crippen LogP contribution is 2.37. The van der Waals surface area contributed by atoms with E-state index in [4.69, 9.17) is 5.73 Å². The summed E-state index contributed by atoms with van der Waals surface area (Å²) >= 11 is 0. The van der Waals surface area contributed by atoms with Gasteiger partial charge in [0.2, 0.25) is 0 Å². The maximum Gasteiger partial charge on any atom is 0.146 e. The molecule has 0 amide bonds. The summed E-state index contributed by atoms with van der Waals surface area (Å²) in [5, 5.41) is 0. The molecule has 0 spiro atoms. The minimum atomic E-state index is -0.154. The van der Waals surface area contributed by atoms with Crippen molar-refractivity contribution in [1.82, 2.24) is 0 Å². The lowest BCUT2D eigenvalue weighted by Crippen LogP contribution is -2.23. The van der Waals surface area contributed by atoms with E-state index in [1.54, 1.807) is 6.07 Å². The van der Waals surface area contributed by atoms with Crippen molar-refractivity contribution in [3.05, 3.63) is 59.9 Å². The third kappa shape index (κ3) is 2.28. The number of para-hydroxylation sites is 1. The molecular formula is C16H17FN2. The smallest absolute Gasteiger partial charge is 0.146 e. The molecule has 1 unspecified atom stereocenters. The monoisotopic (exact) mass is 256 g/mol. The van der Waals surface area contributed by atoms with Gasteiger partial charge in [-0.05, 0) is 42.7 Å². The fourth-order valence-electron chi connectivity index (χ4n) is 2.85. The van der Waals surface area contributed by atoms with Gasteiger partial charge in [0.25, 0.3) is 0 Å². The summed E-state index contributed by atoms with van der Waals surface area (Å²) < 4.78 is 13.9. The Bertz CT molecular complexity index is 582. The molecule has 1 atom stereocenters. The molecule has 2 aromatic carbocycles. The van der Waals surface area contributed by atoms with Gasteiger partial charge in [-0.3, -0.25) is 0 Å². The lowest BCUT2D eigenvalue weighted by atomic mass is 10.0. The van der Waals surface area contributed by atoms with E-state index in [-0.39, 0.29) is 11.9 Å². The van der Waals surface area contributed by atoms with E-state index in [1.165, 1.54) is 11.6 Å². The summed E-state index contributed by atoms with van der Waals surface area (Å²) in [6.07, 6.45) is 2.12. The summed E-state index contributed by atoms with van der Waals surface area (Å²) in [5.41, 5.74) is 8.46. The summed E-state index contributed by atoms with van der Waals surface area (Å²) in [7, 11) is 0. The highest BCUT2D eigenvalue weighted by molar-refractivity contribution is 5.52. The van der Waals surface area contributed by atoms with Gasteiger partial charge in [-0.15, -0.1) is 0 Å². The van der Waals surface area contributed by atoms with Crippen LogP contribution in [0.1, 0.15) is 24.4 Å². The number of hydrogen-bond acceptors (Lipinski definition) is 2. The van der Waals surface area contributed by atoms with Crippen molar-refractivity contribution >= 4 is 11.4 Å². The molecule has 0 saturated carbocycles. The second-order valence-corrected chi connectivity index (χ2v) is 4.97. The molecule has 2 aromatic rings. The molecule has 2 N–H and O–H groups in total. The third-order valence-electron chi connectivity index (χ3n) is 3.71. The summed E-state index contributed by atoms with van der Waals surface area (Å²) in [5.74, 6) is -0.154. The van der Waals surface area contributed by atoms with E-state index in [9.17, 15) is 4.39 Å². The SMILES string of the molecule is Nc1cccc(C2CCCN2c2ccccc2F)c1. The third-order valence-corrected chi connectivity index (χ3v) is 3.71. The van der Waals surface area contributed by atoms with Crippen LogP contribution in [0.2, 0.25) is 0 Å². The van der Waals surface area contributed by atoms with Crippen LogP contribution in [0, 0.1) is 5.82 Å². The summed E-state index contributed by atoms with van der Waals surface area (Å²) in [4.78, 5) is 2.14. The minimum absolute atomic E-state index is 0.154. The Labute approximate surface area is 112 Å². The molecular weight excluding hydrogens is 239 g/mol. The second-order valence-electron chi connectivity index (χ2n) is 4.97. The van der Waals surface area contributed by atoms with E-state index < -0.39 is 0 Å². The van der Waals surface area contributed by atoms with Crippen LogP contribution in [-0.4, -0.2) is 6.54 Å². The van der Waals surface area contributed by atoms with Crippen molar-refractivity contribution in [1.29, 1.82) is 0 Å². The van der Waals surface area contributed by atoms with Gasteiger partial charge in [0.05, 0.1) is 11.7 Å². The molecule has 98 valence electrons. The number of halogens is 1. The molecule has 1 heterocycles. The lowest BCUT2D eigenvalue weighted by Gasteiger charge is -2.27. The topological polar surface area (TPSA) is 29.3 Å². The van der Waals surface area contributed by atoms with Gasteiger partial charge in [-0.1, -0.05) is 24.3 Å². The zero-order valence-corrected chi connectivity index (χ0v) is 10.7. The Kier molecular flexibility index (Phi) is 3.11. The van der Waals surface area contributed by atoms with Crippen molar-refractivity contribution in [2.75, 3.05) is 17.2 Å². The normalized spacial score (nSPS) is 18.8. The van der Waals surface area contributed by atoms with E-state index in [0.29, 0.717) is 5.69 Å². The standard InChI is InChI=1S/C16H17FN2/c17-14-7-1-2-8-16(14)19-10-4-9-15(19)12-5-3-6-13(18)11-12/h1-3,5-8,11,15H,4,9-10,18H2. The molecule has 1 aliphatic rings. The zero-order chi connectivity index (χ0) is 13.2. The van der Waals surface area contributed by atoms with Crippen molar-refractivity contribution in [3.63, 3.8) is 0 Å². The first-order chi connectivity index (χ1) is 9.25. The van der Waals surface area contributed by atoms with Crippen LogP contribution < -0.4 is 10.6 Å². The number of nitrogen functional groups attached to an aromatic ring is 1. The van der Waals surface area contributed by atoms with Crippen LogP contribution in [0.25, 0.3) is 0 Å². The Morgan fingerprint density at radius 2 is 1.95 bits per heavy atom. The van der Waals surface area contributed by atoms with Crippen LogP contribution in [0.15, 0.2) is 48.5 Å². The van der Waals surface area contributed by atoms with Crippen molar-refractivity contribution in [2.24, 2.45) is 0 Å². The minimum Gasteiger partial charge on any atom is -0.399 e. The van der Waals surface area contributed by atoms with Crippen LogP contribution in [0.3, 0.4) is 0 Å². The maximum atomic E-state index is 13.9. The Balaban J connectivity index is 1.96. The lowest BCUT2D eigenvalue weighted by molar-refractivity contribution is 0.611. The predicted octanol–water partition coefficient (Wildman–Crippen LogP) is 3.75. The molecule has 2 nitrogen and oxygen atoms in total. The van der Waals surface area contributed by atoms with Crippen LogP contribution >= 0.6 is 0 Å². The number of hydrogen-bond donors (Lipinski definition) is 1. The number of anilines is 2. The van der Waals surface area contributed by atoms with Gasteiger partial charge in [-0.2, -0.15) is 0 Å². The molecule has 19 heavy (non-hydrogen) atoms. The van der Waals surface area contributed by atoms with Crippen LogP contribution in [-0.2, 0) is 0 Å². The van der Waals surface area contributed by atoms with Gasteiger partial charge in [0.15, 0.2) is 0 Å². The van der Waals surface area contributed by atoms with Gasteiger partial charge < -0.3 is 10.6 Å². The summed E-state index contributed by atoms with van der Waals surface area (Å²) in [6.45, 7) is 0.889. The van der Waals surface area contributed by atoms with Crippen molar-refractivity contribution in [3.8, 4) is 0 Å². The number of benzene rings is 2. The quantitative estimate of drug-likeness (QED) is 0.829. The largest absolute Gasteiger partial charge is 0.399 e. The van der Waals surface area contributed by atoms with E-state index in [2.05, 4.69) is 11.0 Å². The number of nitrogens with zero attached hydrogens (tertiary/aromatic N) is 1. The predicted molar refractivity (Wildman–Crippen MR) is 76.6 cm³/mol. The maximum absolute atomic E-state index is 13.9. The fourth-order valence-corrected chi connectivity index (χ4v) is 2.85. The van der Waals surface area contributed by atoms with E-state index >= 15 is 0 Å². The average molecular weight is 256 g/mol. The first kappa shape index (κ1) is 12.0. The molecule has 0 aromatic heterocycles. The Morgan fingerprint density at radius 3 is 2.74 bits per heavy atom. The van der Waals surface area contributed by atoms with Crippen molar-refractivity contribution in [2.45, 2.75) is 18.9 Å². The molecule has 0 bridgehead atoms.